The number of hydrogen-bond acceptors (Lipinski definition) is 8. The van der Waals surface area contributed by atoms with Crippen molar-refractivity contribution in [3.8, 4) is 0 Å². The highest BCUT2D eigenvalue weighted by molar-refractivity contribution is 5.94. The Balaban J connectivity index is 5.57. The largest absolute Gasteiger partial charge is 0.480 e. The fourth-order valence-corrected chi connectivity index (χ4v) is 3.27. The zero-order valence-electron chi connectivity index (χ0n) is 21.0. The van der Waals surface area contributed by atoms with Crippen LogP contribution in [0.4, 0.5) is 0 Å². The first-order chi connectivity index (χ1) is 16.8. The van der Waals surface area contributed by atoms with Gasteiger partial charge in [0.05, 0.1) is 6.04 Å². The van der Waals surface area contributed by atoms with Crippen LogP contribution >= 0.6 is 0 Å². The van der Waals surface area contributed by atoms with E-state index in [9.17, 15) is 33.9 Å². The number of carbonyl (C=O) groups is 6. The number of primary amides is 2. The van der Waals surface area contributed by atoms with E-state index in [1.165, 1.54) is 0 Å². The number of rotatable bonds is 19. The topological polar surface area (TPSA) is 263 Å². The Kier molecular flexibility index (Phi) is 15.7. The van der Waals surface area contributed by atoms with Gasteiger partial charge in [-0.05, 0) is 44.6 Å². The molecule has 5 amide bonds. The van der Waals surface area contributed by atoms with Crippen molar-refractivity contribution in [2.24, 2.45) is 28.9 Å². The fraction of sp³-hybridized carbons (Fsp3) is 0.727. The normalized spacial score (nSPS) is 14.2. The molecule has 14 nitrogen and oxygen atoms in total. The zero-order valence-corrected chi connectivity index (χ0v) is 21.0. The van der Waals surface area contributed by atoms with Crippen LogP contribution in [0.3, 0.4) is 0 Å². The van der Waals surface area contributed by atoms with Gasteiger partial charge in [-0.3, -0.25) is 24.0 Å². The molecule has 206 valence electrons. The Bertz CT molecular complexity index is 776. The summed E-state index contributed by atoms with van der Waals surface area (Å²) in [6, 6.07) is -4.74. The minimum Gasteiger partial charge on any atom is -0.480 e. The van der Waals surface area contributed by atoms with Crippen LogP contribution in [-0.2, 0) is 28.8 Å². The van der Waals surface area contributed by atoms with Crippen LogP contribution in [0.2, 0.25) is 0 Å². The summed E-state index contributed by atoms with van der Waals surface area (Å²) >= 11 is 0. The van der Waals surface area contributed by atoms with Gasteiger partial charge < -0.3 is 44.0 Å². The molecule has 0 fully saturated rings. The van der Waals surface area contributed by atoms with Crippen molar-refractivity contribution < 1.29 is 33.9 Å². The molecule has 0 rings (SSSR count). The average Bonchev–Trinajstić information content (AvgIpc) is 2.77. The van der Waals surface area contributed by atoms with Crippen LogP contribution < -0.4 is 38.9 Å². The molecule has 0 aromatic heterocycles. The number of carboxylic acid groups (broad SMARTS) is 1. The van der Waals surface area contributed by atoms with Crippen molar-refractivity contribution in [3.63, 3.8) is 0 Å². The number of hydrogen-bond donors (Lipinski definition) is 8. The molecule has 14 heteroatoms. The molecular weight excluding hydrogens is 474 g/mol. The lowest BCUT2D eigenvalue weighted by atomic mass is 10.0. The predicted molar refractivity (Wildman–Crippen MR) is 131 cm³/mol. The second-order valence-corrected chi connectivity index (χ2v) is 9.05. The van der Waals surface area contributed by atoms with Crippen molar-refractivity contribution in [2.75, 3.05) is 6.54 Å². The molecule has 36 heavy (non-hydrogen) atoms. The van der Waals surface area contributed by atoms with Crippen LogP contribution in [0, 0.1) is 5.92 Å². The molecule has 4 unspecified atom stereocenters. The summed E-state index contributed by atoms with van der Waals surface area (Å²) in [5, 5.41) is 16.6. The molecule has 0 aromatic rings. The van der Waals surface area contributed by atoms with E-state index in [-0.39, 0.29) is 38.0 Å². The van der Waals surface area contributed by atoms with Gasteiger partial charge in [0.1, 0.15) is 18.1 Å². The maximum Gasteiger partial charge on any atom is 0.326 e. The van der Waals surface area contributed by atoms with Gasteiger partial charge in [-0.1, -0.05) is 20.3 Å². The van der Waals surface area contributed by atoms with Crippen LogP contribution in [0.15, 0.2) is 0 Å². The number of unbranched alkanes of at least 4 members (excludes halogenated alkanes) is 1. The van der Waals surface area contributed by atoms with E-state index in [0.29, 0.717) is 25.8 Å². The van der Waals surface area contributed by atoms with Gasteiger partial charge in [0, 0.05) is 12.8 Å². The van der Waals surface area contributed by atoms with E-state index in [4.69, 9.17) is 22.9 Å². The Morgan fingerprint density at radius 3 is 1.56 bits per heavy atom. The first kappa shape index (κ1) is 32.7. The minimum absolute atomic E-state index is 0.0486. The van der Waals surface area contributed by atoms with Gasteiger partial charge in [-0.2, -0.15) is 0 Å². The van der Waals surface area contributed by atoms with E-state index < -0.39 is 59.7 Å². The van der Waals surface area contributed by atoms with Crippen LogP contribution in [0.1, 0.15) is 65.2 Å². The quantitative estimate of drug-likeness (QED) is 0.0848. The van der Waals surface area contributed by atoms with Crippen molar-refractivity contribution in [2.45, 2.75) is 89.4 Å². The highest BCUT2D eigenvalue weighted by Gasteiger charge is 2.30. The lowest BCUT2D eigenvalue weighted by Gasteiger charge is -2.25. The second-order valence-electron chi connectivity index (χ2n) is 9.05. The van der Waals surface area contributed by atoms with Crippen LogP contribution in [0.25, 0.3) is 0 Å². The van der Waals surface area contributed by atoms with Crippen LogP contribution in [-0.4, -0.2) is 71.3 Å². The molecule has 0 radical (unpaired) electrons. The van der Waals surface area contributed by atoms with Gasteiger partial charge >= 0.3 is 5.97 Å². The summed E-state index contributed by atoms with van der Waals surface area (Å²) in [4.78, 5) is 72.4. The smallest absolute Gasteiger partial charge is 0.326 e. The van der Waals surface area contributed by atoms with Gasteiger partial charge in [-0.25, -0.2) is 4.79 Å². The maximum absolute atomic E-state index is 13.0. The Morgan fingerprint density at radius 1 is 0.722 bits per heavy atom. The lowest BCUT2D eigenvalue weighted by Crippen LogP contribution is -2.57. The van der Waals surface area contributed by atoms with Crippen molar-refractivity contribution in [3.05, 3.63) is 0 Å². The lowest BCUT2D eigenvalue weighted by molar-refractivity contribution is -0.143. The monoisotopic (exact) mass is 515 g/mol. The predicted octanol–water partition coefficient (Wildman–Crippen LogP) is -2.44. The molecule has 0 aliphatic heterocycles. The summed E-state index contributed by atoms with van der Waals surface area (Å²) in [6.07, 6.45) is 0.823. The highest BCUT2D eigenvalue weighted by atomic mass is 16.4. The molecule has 12 N–H and O–H groups in total. The Morgan fingerprint density at radius 2 is 1.17 bits per heavy atom. The molecule has 0 aliphatic rings. The van der Waals surface area contributed by atoms with E-state index in [1.54, 1.807) is 13.8 Å². The highest BCUT2D eigenvalue weighted by Crippen LogP contribution is 2.08. The number of nitrogens with one attached hydrogen (secondary N) is 3. The third-order valence-corrected chi connectivity index (χ3v) is 5.25. The van der Waals surface area contributed by atoms with E-state index in [2.05, 4.69) is 16.0 Å². The molecule has 0 aromatic carbocycles. The first-order valence-electron chi connectivity index (χ1n) is 11.9. The standard InChI is InChI=1S/C22H41N7O7/c1-12(2)11-16(22(35)36)29-21(34)15(7-9-18(26)31)28-20(33)14(6-8-17(25)30)27-19(32)13(24)5-3-4-10-23/h12-16H,3-11,23-24H2,1-2H3,(H2,25,30)(H2,26,31)(H,27,32)(H,28,33)(H,29,34)(H,35,36). The minimum atomic E-state index is -1.33. The summed E-state index contributed by atoms with van der Waals surface area (Å²) in [5.41, 5.74) is 21.6. The molecule has 0 aliphatic carbocycles. The van der Waals surface area contributed by atoms with Gasteiger partial charge in [0.15, 0.2) is 0 Å². The third kappa shape index (κ3) is 14.2. The van der Waals surface area contributed by atoms with Gasteiger partial charge in [0.2, 0.25) is 29.5 Å². The first-order valence-corrected chi connectivity index (χ1v) is 11.9. The summed E-state index contributed by atoms with van der Waals surface area (Å²) < 4.78 is 0. The summed E-state index contributed by atoms with van der Waals surface area (Å²) in [6.45, 7) is 4.00. The van der Waals surface area contributed by atoms with Gasteiger partial charge in [-0.15, -0.1) is 0 Å². The van der Waals surface area contributed by atoms with E-state index in [1.807, 2.05) is 0 Å². The number of amides is 5. The summed E-state index contributed by atoms with van der Waals surface area (Å²) in [7, 11) is 0. The number of carboxylic acids is 1. The molecule has 0 saturated carbocycles. The fourth-order valence-electron chi connectivity index (χ4n) is 3.27. The van der Waals surface area contributed by atoms with Gasteiger partial charge in [0.25, 0.3) is 0 Å². The van der Waals surface area contributed by atoms with E-state index >= 15 is 0 Å². The molecule has 0 heterocycles. The summed E-state index contributed by atoms with van der Waals surface area (Å²) in [5.74, 6) is -5.07. The van der Waals surface area contributed by atoms with Crippen LogP contribution in [0.5, 0.6) is 0 Å². The van der Waals surface area contributed by atoms with Crippen molar-refractivity contribution >= 4 is 35.5 Å². The average molecular weight is 516 g/mol. The molecule has 0 saturated heterocycles. The number of carbonyl (C=O) groups excluding carboxylic acids is 5. The van der Waals surface area contributed by atoms with Crippen molar-refractivity contribution in [1.82, 2.24) is 16.0 Å². The Labute approximate surface area is 210 Å². The SMILES string of the molecule is CC(C)CC(NC(=O)C(CCC(N)=O)NC(=O)C(CCC(N)=O)NC(=O)C(N)CCCCN)C(=O)O. The molecular formula is C22H41N7O7. The molecule has 4 atom stereocenters. The molecule has 0 bridgehead atoms. The Hall–Kier alpha value is -3.26. The number of aliphatic carboxylic acids is 1. The molecule has 0 spiro atoms. The second kappa shape index (κ2) is 17.2. The number of nitrogens with two attached hydrogens (primary N) is 4. The zero-order chi connectivity index (χ0) is 27.8. The van der Waals surface area contributed by atoms with Crippen molar-refractivity contribution in [1.29, 1.82) is 0 Å². The third-order valence-electron chi connectivity index (χ3n) is 5.25. The maximum atomic E-state index is 13.0. The van der Waals surface area contributed by atoms with E-state index in [0.717, 1.165) is 0 Å².